The Hall–Kier alpha value is -3.87. The van der Waals surface area contributed by atoms with Crippen LogP contribution in [0.5, 0.6) is 11.5 Å². The van der Waals surface area contributed by atoms with E-state index >= 15 is 0 Å². The van der Waals surface area contributed by atoms with E-state index in [0.29, 0.717) is 33.5 Å². The van der Waals surface area contributed by atoms with Gasteiger partial charge in [-0.05, 0) is 91.6 Å². The monoisotopic (exact) mass is 542 g/mol. The Morgan fingerprint density at radius 1 is 1.03 bits per heavy atom. The molecule has 1 amide bonds. The lowest BCUT2D eigenvalue weighted by Gasteiger charge is -2.38. The van der Waals surface area contributed by atoms with Crippen molar-refractivity contribution in [2.45, 2.75) is 44.9 Å². The Labute approximate surface area is 233 Å². The van der Waals surface area contributed by atoms with Crippen LogP contribution < -0.4 is 14.4 Å². The second-order valence-corrected chi connectivity index (χ2v) is 10.5. The zero-order chi connectivity index (χ0) is 27.7. The summed E-state index contributed by atoms with van der Waals surface area (Å²) in [4.78, 5) is 19.9. The highest BCUT2D eigenvalue weighted by atomic mass is 35.5. The maximum absolute atomic E-state index is 13.7. The largest absolute Gasteiger partial charge is 0.493 e. The van der Waals surface area contributed by atoms with Gasteiger partial charge >= 0.3 is 0 Å². The average molecular weight is 543 g/mol. The molecule has 1 aromatic heterocycles. The standard InChI is InChI=1S/C32H31ClN2O4/c1-20(2)39-28-19-26-22(17-27(28)38-4)18-30(36)35(31(26)21-8-12-24(33)13-9-21)25-14-10-23(11-15-25)32(3,37)29-7-5-6-16-34-29/h5-17,19-20,31,37H,18H2,1-4H3/t31?,32-/m0/s1. The number of fused-ring (bicyclic) bond motifs is 1. The Morgan fingerprint density at radius 2 is 1.74 bits per heavy atom. The molecule has 1 aliphatic rings. The van der Waals surface area contributed by atoms with Gasteiger partial charge < -0.3 is 19.5 Å². The highest BCUT2D eigenvalue weighted by Crippen LogP contribution is 2.44. The molecule has 1 N–H and O–H groups in total. The number of carbonyl (C=O) groups excluding carboxylic acids is 1. The number of hydrogen-bond acceptors (Lipinski definition) is 5. The number of hydrogen-bond donors (Lipinski definition) is 1. The quantitative estimate of drug-likeness (QED) is 0.290. The number of amides is 1. The fourth-order valence-electron chi connectivity index (χ4n) is 5.07. The molecule has 0 fully saturated rings. The van der Waals surface area contributed by atoms with Crippen LogP contribution in [0.3, 0.4) is 0 Å². The summed E-state index contributed by atoms with van der Waals surface area (Å²) >= 11 is 6.22. The van der Waals surface area contributed by atoms with E-state index in [1.165, 1.54) is 0 Å². The van der Waals surface area contributed by atoms with E-state index in [2.05, 4.69) is 4.98 Å². The summed E-state index contributed by atoms with van der Waals surface area (Å²) < 4.78 is 11.7. The fraction of sp³-hybridized carbons (Fsp3) is 0.250. The molecular formula is C32H31ClN2O4. The third-order valence-electron chi connectivity index (χ3n) is 7.01. The summed E-state index contributed by atoms with van der Waals surface area (Å²) in [5.74, 6) is 1.17. The van der Waals surface area contributed by atoms with E-state index in [9.17, 15) is 9.90 Å². The molecular weight excluding hydrogens is 512 g/mol. The number of nitrogens with zero attached hydrogens (tertiary/aromatic N) is 2. The van der Waals surface area contributed by atoms with Gasteiger partial charge in [0.15, 0.2) is 11.5 Å². The van der Waals surface area contributed by atoms with Crippen molar-refractivity contribution in [2.75, 3.05) is 12.0 Å². The van der Waals surface area contributed by atoms with Gasteiger partial charge in [-0.2, -0.15) is 0 Å². The maximum Gasteiger partial charge on any atom is 0.232 e. The van der Waals surface area contributed by atoms with Crippen LogP contribution in [0.25, 0.3) is 0 Å². The molecule has 6 nitrogen and oxygen atoms in total. The van der Waals surface area contributed by atoms with Gasteiger partial charge in [-0.25, -0.2) is 0 Å². The summed E-state index contributed by atoms with van der Waals surface area (Å²) in [6.45, 7) is 5.65. The van der Waals surface area contributed by atoms with Crippen LogP contribution in [-0.4, -0.2) is 29.2 Å². The summed E-state index contributed by atoms with van der Waals surface area (Å²) in [6.07, 6.45) is 1.82. The zero-order valence-electron chi connectivity index (χ0n) is 22.4. The van der Waals surface area contributed by atoms with Crippen molar-refractivity contribution in [1.29, 1.82) is 0 Å². The predicted molar refractivity (Wildman–Crippen MR) is 153 cm³/mol. The van der Waals surface area contributed by atoms with E-state index < -0.39 is 11.6 Å². The Kier molecular flexibility index (Phi) is 7.34. The minimum Gasteiger partial charge on any atom is -0.493 e. The first-order chi connectivity index (χ1) is 18.7. The van der Waals surface area contributed by atoms with Gasteiger partial charge in [0.05, 0.1) is 31.4 Å². The number of anilines is 1. The number of ether oxygens (including phenoxy) is 2. The topological polar surface area (TPSA) is 71.9 Å². The lowest BCUT2D eigenvalue weighted by molar-refractivity contribution is -0.118. The lowest BCUT2D eigenvalue weighted by atomic mass is 9.86. The Balaban J connectivity index is 1.61. The first-order valence-electron chi connectivity index (χ1n) is 12.9. The molecule has 3 aromatic carbocycles. The fourth-order valence-corrected chi connectivity index (χ4v) is 5.20. The van der Waals surface area contributed by atoms with Gasteiger partial charge in [-0.1, -0.05) is 41.9 Å². The summed E-state index contributed by atoms with van der Waals surface area (Å²) in [5, 5.41) is 11.9. The Bertz CT molecular complexity index is 1470. The van der Waals surface area contributed by atoms with Gasteiger partial charge in [-0.3, -0.25) is 9.78 Å². The third kappa shape index (κ3) is 5.22. The first-order valence-corrected chi connectivity index (χ1v) is 13.3. The second kappa shape index (κ2) is 10.7. The van der Waals surface area contributed by atoms with Crippen molar-refractivity contribution in [3.05, 3.63) is 118 Å². The van der Waals surface area contributed by atoms with Gasteiger partial charge in [0.25, 0.3) is 0 Å². The number of aromatic nitrogens is 1. The number of carbonyl (C=O) groups is 1. The molecule has 0 spiro atoms. The molecule has 5 rings (SSSR count). The van der Waals surface area contributed by atoms with Crippen LogP contribution in [0.15, 0.2) is 85.1 Å². The van der Waals surface area contributed by atoms with E-state index in [1.807, 2.05) is 86.6 Å². The highest BCUT2D eigenvalue weighted by Gasteiger charge is 2.36. The first kappa shape index (κ1) is 26.7. The SMILES string of the molecule is COc1cc2c(cc1OC(C)C)C(c1ccc(Cl)cc1)N(c1ccc([C@](C)(O)c3ccccn3)cc1)C(=O)C2. The normalized spacial score (nSPS) is 16.5. The van der Waals surface area contributed by atoms with E-state index in [0.717, 1.165) is 16.7 Å². The maximum atomic E-state index is 13.7. The minimum absolute atomic E-state index is 0.0494. The summed E-state index contributed by atoms with van der Waals surface area (Å²) in [7, 11) is 1.60. The molecule has 2 atom stereocenters. The van der Waals surface area contributed by atoms with Gasteiger partial charge in [0.1, 0.15) is 5.60 Å². The van der Waals surface area contributed by atoms with E-state index in [1.54, 1.807) is 31.2 Å². The van der Waals surface area contributed by atoms with Crippen molar-refractivity contribution in [3.8, 4) is 11.5 Å². The van der Waals surface area contributed by atoms with Crippen molar-refractivity contribution < 1.29 is 19.4 Å². The predicted octanol–water partition coefficient (Wildman–Crippen LogP) is 6.47. The van der Waals surface area contributed by atoms with Gasteiger partial charge in [-0.15, -0.1) is 0 Å². The van der Waals surface area contributed by atoms with Gasteiger partial charge in [0, 0.05) is 16.9 Å². The van der Waals surface area contributed by atoms with Crippen LogP contribution in [0.2, 0.25) is 5.02 Å². The smallest absolute Gasteiger partial charge is 0.232 e. The molecule has 0 saturated carbocycles. The van der Waals surface area contributed by atoms with Crippen molar-refractivity contribution in [2.24, 2.45) is 0 Å². The van der Waals surface area contributed by atoms with Crippen molar-refractivity contribution >= 4 is 23.2 Å². The molecule has 39 heavy (non-hydrogen) atoms. The molecule has 0 aliphatic carbocycles. The molecule has 1 unspecified atom stereocenters. The number of aliphatic hydroxyl groups is 1. The van der Waals surface area contributed by atoms with Crippen LogP contribution in [0.4, 0.5) is 5.69 Å². The Morgan fingerprint density at radius 3 is 2.36 bits per heavy atom. The van der Waals surface area contributed by atoms with Gasteiger partial charge in [0.2, 0.25) is 5.91 Å². The van der Waals surface area contributed by atoms with E-state index in [-0.39, 0.29) is 18.4 Å². The lowest BCUT2D eigenvalue weighted by Crippen LogP contribution is -2.41. The minimum atomic E-state index is -1.28. The molecule has 0 saturated heterocycles. The third-order valence-corrected chi connectivity index (χ3v) is 7.26. The van der Waals surface area contributed by atoms with Crippen LogP contribution >= 0.6 is 11.6 Å². The molecule has 1 aliphatic heterocycles. The average Bonchev–Trinajstić information content (AvgIpc) is 2.93. The van der Waals surface area contributed by atoms with Crippen molar-refractivity contribution in [1.82, 2.24) is 4.98 Å². The van der Waals surface area contributed by atoms with Crippen LogP contribution in [0.1, 0.15) is 54.8 Å². The number of benzene rings is 3. The number of pyridine rings is 1. The molecule has 0 radical (unpaired) electrons. The number of halogens is 1. The van der Waals surface area contributed by atoms with E-state index in [4.69, 9.17) is 21.1 Å². The van der Waals surface area contributed by atoms with Crippen LogP contribution in [0, 0.1) is 0 Å². The molecule has 2 heterocycles. The number of rotatable bonds is 7. The van der Waals surface area contributed by atoms with Crippen molar-refractivity contribution in [3.63, 3.8) is 0 Å². The molecule has 0 bridgehead atoms. The summed E-state index contributed by atoms with van der Waals surface area (Å²) in [6, 6.07) is 23.9. The second-order valence-electron chi connectivity index (χ2n) is 10.1. The summed E-state index contributed by atoms with van der Waals surface area (Å²) in [5.41, 5.74) is 3.42. The zero-order valence-corrected chi connectivity index (χ0v) is 23.1. The number of methoxy groups -OCH3 is 1. The molecule has 200 valence electrons. The van der Waals surface area contributed by atoms with Crippen LogP contribution in [-0.2, 0) is 16.8 Å². The molecule has 4 aromatic rings. The highest BCUT2D eigenvalue weighted by molar-refractivity contribution is 6.30. The molecule has 7 heteroatoms.